The molecule has 0 fully saturated rings. The van der Waals surface area contributed by atoms with Gasteiger partial charge in [0, 0.05) is 12.1 Å². The first kappa shape index (κ1) is 20.2. The molecule has 5 nitrogen and oxygen atoms in total. The number of halogens is 3. The molecule has 0 radical (unpaired) electrons. The Balaban J connectivity index is 1.55. The second-order valence-electron chi connectivity index (χ2n) is 7.48. The van der Waals surface area contributed by atoms with Crippen LogP contribution in [0.4, 0.5) is 13.2 Å². The van der Waals surface area contributed by atoms with Gasteiger partial charge in [-0.15, -0.1) is 0 Å². The van der Waals surface area contributed by atoms with Crippen LogP contribution in [-0.2, 0) is 12.7 Å². The summed E-state index contributed by atoms with van der Waals surface area (Å²) in [5, 5.41) is 10.7. The number of carbonyl (C=O) groups excluding carboxylic acids is 1. The molecule has 1 aliphatic rings. The summed E-state index contributed by atoms with van der Waals surface area (Å²) >= 11 is 0. The molecule has 4 rings (SSSR count). The van der Waals surface area contributed by atoms with Crippen LogP contribution in [0.3, 0.4) is 0 Å². The fourth-order valence-electron chi connectivity index (χ4n) is 3.61. The summed E-state index contributed by atoms with van der Waals surface area (Å²) in [7, 11) is 0. The van der Waals surface area contributed by atoms with Crippen molar-refractivity contribution in [1.82, 2.24) is 20.4 Å². The van der Waals surface area contributed by atoms with Crippen LogP contribution in [0, 0.1) is 13.8 Å². The van der Waals surface area contributed by atoms with Crippen LogP contribution in [0.5, 0.6) is 0 Å². The molecule has 0 saturated carbocycles. The lowest BCUT2D eigenvalue weighted by molar-refractivity contribution is -0.137. The molecule has 156 valence electrons. The number of nitrogens with zero attached hydrogens (tertiary/aromatic N) is 2. The predicted molar refractivity (Wildman–Crippen MR) is 107 cm³/mol. The van der Waals surface area contributed by atoms with Crippen LogP contribution in [0.15, 0.2) is 48.5 Å². The number of carbonyl (C=O) groups is 1. The van der Waals surface area contributed by atoms with Crippen molar-refractivity contribution in [2.45, 2.75) is 32.7 Å². The zero-order valence-corrected chi connectivity index (χ0v) is 16.5. The minimum absolute atomic E-state index is 0.203. The van der Waals surface area contributed by atoms with Crippen molar-refractivity contribution in [2.24, 2.45) is 0 Å². The van der Waals surface area contributed by atoms with Crippen molar-refractivity contribution >= 4 is 5.91 Å². The maximum Gasteiger partial charge on any atom is 0.416 e. The van der Waals surface area contributed by atoms with Gasteiger partial charge in [-0.2, -0.15) is 18.3 Å². The van der Waals surface area contributed by atoms with Crippen LogP contribution in [0.25, 0.3) is 11.3 Å². The molecule has 30 heavy (non-hydrogen) atoms. The van der Waals surface area contributed by atoms with Gasteiger partial charge in [0.1, 0.15) is 11.9 Å². The van der Waals surface area contributed by atoms with Gasteiger partial charge in [0.25, 0.3) is 5.91 Å². The van der Waals surface area contributed by atoms with Crippen LogP contribution < -0.4 is 10.6 Å². The largest absolute Gasteiger partial charge is 0.416 e. The number of fused-ring (bicyclic) bond motifs is 1. The summed E-state index contributed by atoms with van der Waals surface area (Å²) in [6, 6.07) is 12.8. The van der Waals surface area contributed by atoms with E-state index in [1.54, 1.807) is 10.7 Å². The van der Waals surface area contributed by atoms with E-state index in [0.29, 0.717) is 30.0 Å². The Morgan fingerprint density at radius 1 is 1.13 bits per heavy atom. The molecule has 1 aromatic heterocycles. The molecular weight excluding hydrogens is 393 g/mol. The second kappa shape index (κ2) is 7.60. The molecule has 1 atom stereocenters. The number of hydrogen-bond acceptors (Lipinski definition) is 3. The number of amides is 1. The summed E-state index contributed by atoms with van der Waals surface area (Å²) in [4.78, 5) is 12.3. The topological polar surface area (TPSA) is 59.0 Å². The summed E-state index contributed by atoms with van der Waals surface area (Å²) in [5.41, 5.74) is 4.36. The highest BCUT2D eigenvalue weighted by atomic mass is 19.4. The van der Waals surface area contributed by atoms with Crippen molar-refractivity contribution in [2.75, 3.05) is 6.54 Å². The van der Waals surface area contributed by atoms with E-state index in [0.717, 1.165) is 28.8 Å². The van der Waals surface area contributed by atoms with E-state index in [-0.39, 0.29) is 12.1 Å². The lowest BCUT2D eigenvalue weighted by atomic mass is 10.0. The smallest absolute Gasteiger partial charge is 0.347 e. The van der Waals surface area contributed by atoms with E-state index in [9.17, 15) is 18.0 Å². The van der Waals surface area contributed by atoms with E-state index in [2.05, 4.69) is 21.8 Å². The number of hydrogen-bond donors (Lipinski definition) is 2. The van der Waals surface area contributed by atoms with Crippen molar-refractivity contribution in [1.29, 1.82) is 0 Å². The average Bonchev–Trinajstić information content (AvgIpc) is 3.13. The highest BCUT2D eigenvalue weighted by molar-refractivity contribution is 5.94. The molecule has 1 amide bonds. The summed E-state index contributed by atoms with van der Waals surface area (Å²) in [5.74, 6) is -0.203. The van der Waals surface area contributed by atoms with Crippen LogP contribution in [-0.4, -0.2) is 22.2 Å². The van der Waals surface area contributed by atoms with Crippen LogP contribution >= 0.6 is 0 Å². The number of benzene rings is 2. The van der Waals surface area contributed by atoms with Gasteiger partial charge in [-0.3, -0.25) is 10.1 Å². The SMILES string of the molecule is Cc1ccc(-c2cc3n(n2)[C@@H](NCc2ccc(C(F)(F)F)cc2)CNC3=O)c(C)c1. The van der Waals surface area contributed by atoms with Gasteiger partial charge in [-0.05, 0) is 43.2 Å². The first-order valence-corrected chi connectivity index (χ1v) is 9.57. The summed E-state index contributed by atoms with van der Waals surface area (Å²) < 4.78 is 39.8. The Morgan fingerprint density at radius 2 is 1.87 bits per heavy atom. The maximum atomic E-state index is 12.7. The lowest BCUT2D eigenvalue weighted by Crippen LogP contribution is -2.45. The third kappa shape index (κ3) is 3.95. The third-order valence-electron chi connectivity index (χ3n) is 5.20. The van der Waals surface area contributed by atoms with E-state index >= 15 is 0 Å². The van der Waals surface area contributed by atoms with E-state index in [4.69, 9.17) is 0 Å². The molecule has 2 aromatic carbocycles. The Kier molecular flexibility index (Phi) is 5.11. The van der Waals surface area contributed by atoms with E-state index < -0.39 is 11.7 Å². The minimum atomic E-state index is -4.35. The molecule has 2 N–H and O–H groups in total. The Bertz CT molecular complexity index is 1090. The van der Waals surface area contributed by atoms with Crippen molar-refractivity contribution in [3.63, 3.8) is 0 Å². The maximum absolute atomic E-state index is 12.7. The summed E-state index contributed by atoms with van der Waals surface area (Å²) in [6.45, 7) is 4.70. The molecule has 0 bridgehead atoms. The van der Waals surface area contributed by atoms with Crippen molar-refractivity contribution < 1.29 is 18.0 Å². The van der Waals surface area contributed by atoms with Crippen LogP contribution in [0.1, 0.15) is 38.9 Å². The molecule has 1 aliphatic heterocycles. The Morgan fingerprint density at radius 3 is 2.53 bits per heavy atom. The van der Waals surface area contributed by atoms with Gasteiger partial charge in [0.15, 0.2) is 0 Å². The van der Waals surface area contributed by atoms with Crippen LogP contribution in [0.2, 0.25) is 0 Å². The number of aromatic nitrogens is 2. The molecule has 0 unspecified atom stereocenters. The van der Waals surface area contributed by atoms with E-state index in [1.807, 2.05) is 26.0 Å². The van der Waals surface area contributed by atoms with Gasteiger partial charge < -0.3 is 5.32 Å². The fraction of sp³-hybridized carbons (Fsp3) is 0.273. The highest BCUT2D eigenvalue weighted by Crippen LogP contribution is 2.29. The molecule has 0 spiro atoms. The van der Waals surface area contributed by atoms with Crippen molar-refractivity contribution in [3.05, 3.63) is 76.5 Å². The number of alkyl halides is 3. The van der Waals surface area contributed by atoms with Gasteiger partial charge in [0.2, 0.25) is 0 Å². The Labute approximate surface area is 171 Å². The Hall–Kier alpha value is -3.13. The first-order valence-electron chi connectivity index (χ1n) is 9.57. The van der Waals surface area contributed by atoms with Gasteiger partial charge in [-0.1, -0.05) is 35.9 Å². The zero-order valence-electron chi connectivity index (χ0n) is 16.5. The molecule has 8 heteroatoms. The van der Waals surface area contributed by atoms with Crippen molar-refractivity contribution in [3.8, 4) is 11.3 Å². The number of rotatable bonds is 4. The first-order chi connectivity index (χ1) is 14.2. The van der Waals surface area contributed by atoms with Gasteiger partial charge >= 0.3 is 6.18 Å². The second-order valence-corrected chi connectivity index (χ2v) is 7.48. The summed E-state index contributed by atoms with van der Waals surface area (Å²) in [6.07, 6.45) is -4.66. The molecule has 0 saturated heterocycles. The van der Waals surface area contributed by atoms with Gasteiger partial charge in [0.05, 0.1) is 17.8 Å². The average molecular weight is 414 g/mol. The third-order valence-corrected chi connectivity index (χ3v) is 5.20. The number of nitrogens with one attached hydrogen (secondary N) is 2. The molecule has 2 heterocycles. The molecule has 0 aliphatic carbocycles. The standard InChI is InChI=1S/C22H21F3N4O/c1-13-3-8-17(14(2)9-13)18-10-19-21(30)27-12-20(29(19)28-18)26-11-15-4-6-16(7-5-15)22(23,24)25/h3-10,20,26H,11-12H2,1-2H3,(H,27,30)/t20-/m1/s1. The van der Waals surface area contributed by atoms with Gasteiger partial charge in [-0.25, -0.2) is 4.68 Å². The quantitative estimate of drug-likeness (QED) is 0.672. The fourth-order valence-corrected chi connectivity index (χ4v) is 3.61. The monoisotopic (exact) mass is 414 g/mol. The zero-order chi connectivity index (χ0) is 21.5. The highest BCUT2D eigenvalue weighted by Gasteiger charge is 2.30. The molecule has 3 aromatic rings. The predicted octanol–water partition coefficient (Wildman–Crippen LogP) is 4.22. The normalized spacial score (nSPS) is 16.3. The number of aryl methyl sites for hydroxylation is 2. The molecular formula is C22H21F3N4O. The lowest BCUT2D eigenvalue weighted by Gasteiger charge is -2.26. The van der Waals surface area contributed by atoms with E-state index in [1.165, 1.54) is 12.1 Å². The minimum Gasteiger partial charge on any atom is -0.347 e.